The highest BCUT2D eigenvalue weighted by Crippen LogP contribution is 2.29. The second-order valence-corrected chi connectivity index (χ2v) is 6.70. The minimum absolute atomic E-state index is 0.182. The van der Waals surface area contributed by atoms with E-state index in [4.69, 9.17) is 23.2 Å². The summed E-state index contributed by atoms with van der Waals surface area (Å²) in [6.07, 6.45) is 0. The Labute approximate surface area is 122 Å². The Morgan fingerprint density at radius 3 is 2.47 bits per heavy atom. The van der Waals surface area contributed by atoms with Crippen molar-refractivity contribution in [3.05, 3.63) is 28.0 Å². The van der Waals surface area contributed by atoms with Crippen LogP contribution in [0, 0.1) is 5.82 Å². The van der Waals surface area contributed by atoms with Gasteiger partial charge >= 0.3 is 0 Å². The second kappa shape index (κ2) is 6.85. The fraction of sp³-hybridized carbons (Fsp3) is 0.455. The molecule has 0 unspecified atom stereocenters. The van der Waals surface area contributed by atoms with Gasteiger partial charge in [-0.15, -0.1) is 0 Å². The standard InChI is InChI=1S/C11H15Cl2FN2O2S/c1-7(2)15-5-6-16-19(17,18)9-4-3-8(12)11(14)10(9)13/h3-4,7,15-16H,5-6H2,1-2H3. The van der Waals surface area contributed by atoms with Crippen molar-refractivity contribution in [3.63, 3.8) is 0 Å². The topological polar surface area (TPSA) is 58.2 Å². The quantitative estimate of drug-likeness (QED) is 0.622. The monoisotopic (exact) mass is 328 g/mol. The van der Waals surface area contributed by atoms with Gasteiger partial charge in [-0.2, -0.15) is 0 Å². The maximum Gasteiger partial charge on any atom is 0.242 e. The summed E-state index contributed by atoms with van der Waals surface area (Å²) >= 11 is 11.2. The van der Waals surface area contributed by atoms with Crippen LogP contribution in [0.2, 0.25) is 10.0 Å². The largest absolute Gasteiger partial charge is 0.313 e. The van der Waals surface area contributed by atoms with Gasteiger partial charge in [0.25, 0.3) is 0 Å². The molecule has 0 amide bonds. The molecule has 19 heavy (non-hydrogen) atoms. The van der Waals surface area contributed by atoms with Crippen LogP contribution in [0.4, 0.5) is 4.39 Å². The van der Waals surface area contributed by atoms with Gasteiger partial charge < -0.3 is 5.32 Å². The van der Waals surface area contributed by atoms with E-state index >= 15 is 0 Å². The van der Waals surface area contributed by atoms with Crippen LogP contribution in [0.25, 0.3) is 0 Å². The number of sulfonamides is 1. The van der Waals surface area contributed by atoms with Crippen LogP contribution in [0.5, 0.6) is 0 Å². The van der Waals surface area contributed by atoms with Gasteiger partial charge in [0, 0.05) is 19.1 Å². The van der Waals surface area contributed by atoms with Gasteiger partial charge in [0.1, 0.15) is 4.90 Å². The van der Waals surface area contributed by atoms with Crippen LogP contribution >= 0.6 is 23.2 Å². The van der Waals surface area contributed by atoms with E-state index < -0.39 is 20.9 Å². The zero-order valence-electron chi connectivity index (χ0n) is 10.5. The molecule has 0 bridgehead atoms. The van der Waals surface area contributed by atoms with Crippen LogP contribution in [-0.2, 0) is 10.0 Å². The van der Waals surface area contributed by atoms with Gasteiger partial charge in [-0.1, -0.05) is 37.0 Å². The molecule has 1 aromatic carbocycles. The molecule has 4 nitrogen and oxygen atoms in total. The first kappa shape index (κ1) is 16.7. The van der Waals surface area contributed by atoms with Gasteiger partial charge in [0.2, 0.25) is 10.0 Å². The Hall–Kier alpha value is -0.400. The Kier molecular flexibility index (Phi) is 6.01. The zero-order chi connectivity index (χ0) is 14.6. The minimum atomic E-state index is -3.85. The zero-order valence-corrected chi connectivity index (χ0v) is 12.8. The highest BCUT2D eigenvalue weighted by molar-refractivity contribution is 7.89. The van der Waals surface area contributed by atoms with Crippen LogP contribution in [-0.4, -0.2) is 27.5 Å². The Morgan fingerprint density at radius 2 is 1.89 bits per heavy atom. The Balaban J connectivity index is 2.81. The van der Waals surface area contributed by atoms with Gasteiger partial charge in [-0.3, -0.25) is 0 Å². The van der Waals surface area contributed by atoms with E-state index in [-0.39, 0.29) is 22.5 Å². The number of benzene rings is 1. The summed E-state index contributed by atoms with van der Waals surface area (Å²) in [4.78, 5) is -0.319. The summed E-state index contributed by atoms with van der Waals surface area (Å²) in [6.45, 7) is 4.53. The van der Waals surface area contributed by atoms with Crippen molar-refractivity contribution in [2.45, 2.75) is 24.8 Å². The van der Waals surface area contributed by atoms with Crippen molar-refractivity contribution in [2.75, 3.05) is 13.1 Å². The fourth-order valence-electron chi connectivity index (χ4n) is 1.34. The summed E-state index contributed by atoms with van der Waals surface area (Å²) in [5, 5.41) is 2.33. The number of nitrogens with one attached hydrogen (secondary N) is 2. The summed E-state index contributed by atoms with van der Waals surface area (Å²) in [6, 6.07) is 2.58. The first-order valence-corrected chi connectivity index (χ1v) is 7.86. The molecule has 1 rings (SSSR count). The lowest BCUT2D eigenvalue weighted by atomic mass is 10.3. The third kappa shape index (κ3) is 4.57. The smallest absolute Gasteiger partial charge is 0.242 e. The normalized spacial score (nSPS) is 12.1. The van der Waals surface area contributed by atoms with E-state index in [1.807, 2.05) is 13.8 Å². The summed E-state index contributed by atoms with van der Waals surface area (Å²) in [5.41, 5.74) is 0. The number of hydrogen-bond donors (Lipinski definition) is 2. The first-order valence-electron chi connectivity index (χ1n) is 5.62. The van der Waals surface area contributed by atoms with Crippen molar-refractivity contribution in [1.29, 1.82) is 0 Å². The fourth-order valence-corrected chi connectivity index (χ4v) is 3.11. The summed E-state index contributed by atoms with van der Waals surface area (Å²) in [7, 11) is -3.85. The molecule has 0 aliphatic rings. The predicted molar refractivity (Wildman–Crippen MR) is 74.7 cm³/mol. The Morgan fingerprint density at radius 1 is 1.26 bits per heavy atom. The molecular weight excluding hydrogens is 314 g/mol. The Bertz CT molecular complexity index is 550. The molecule has 0 aliphatic carbocycles. The predicted octanol–water partition coefficient (Wildman–Crippen LogP) is 2.41. The van der Waals surface area contributed by atoms with Crippen molar-refractivity contribution < 1.29 is 12.8 Å². The van der Waals surface area contributed by atoms with Crippen LogP contribution in [0.3, 0.4) is 0 Å². The maximum absolute atomic E-state index is 13.4. The second-order valence-electron chi connectivity index (χ2n) is 4.18. The average molecular weight is 329 g/mol. The lowest BCUT2D eigenvalue weighted by molar-refractivity contribution is 0.558. The molecule has 8 heteroatoms. The molecule has 2 N–H and O–H groups in total. The maximum atomic E-state index is 13.4. The van der Waals surface area contributed by atoms with E-state index in [1.54, 1.807) is 0 Å². The first-order chi connectivity index (χ1) is 8.75. The molecule has 0 spiro atoms. The van der Waals surface area contributed by atoms with Crippen molar-refractivity contribution in [2.24, 2.45) is 0 Å². The van der Waals surface area contributed by atoms with Crippen molar-refractivity contribution in [1.82, 2.24) is 10.0 Å². The van der Waals surface area contributed by atoms with Gasteiger partial charge in [-0.05, 0) is 12.1 Å². The van der Waals surface area contributed by atoms with E-state index in [9.17, 15) is 12.8 Å². The molecule has 0 saturated carbocycles. The van der Waals surface area contributed by atoms with E-state index in [0.29, 0.717) is 6.54 Å². The third-order valence-corrected chi connectivity index (χ3v) is 4.54. The van der Waals surface area contributed by atoms with Gasteiger partial charge in [-0.25, -0.2) is 17.5 Å². The molecule has 108 valence electrons. The number of hydrogen-bond acceptors (Lipinski definition) is 3. The van der Waals surface area contributed by atoms with Gasteiger partial charge in [0.15, 0.2) is 5.82 Å². The molecule has 0 aromatic heterocycles. The van der Waals surface area contributed by atoms with Crippen molar-refractivity contribution in [3.8, 4) is 0 Å². The van der Waals surface area contributed by atoms with Crippen molar-refractivity contribution >= 4 is 33.2 Å². The lowest BCUT2D eigenvalue weighted by Gasteiger charge is -2.11. The van der Waals surface area contributed by atoms with E-state index in [1.165, 1.54) is 6.07 Å². The van der Waals surface area contributed by atoms with Crippen LogP contribution in [0.15, 0.2) is 17.0 Å². The average Bonchev–Trinajstić information content (AvgIpc) is 2.31. The van der Waals surface area contributed by atoms with Crippen LogP contribution < -0.4 is 10.0 Å². The molecule has 1 aromatic rings. The molecule has 0 saturated heterocycles. The highest BCUT2D eigenvalue weighted by atomic mass is 35.5. The van der Waals surface area contributed by atoms with Crippen LogP contribution in [0.1, 0.15) is 13.8 Å². The van der Waals surface area contributed by atoms with E-state index in [2.05, 4.69) is 10.0 Å². The number of halogens is 3. The molecule has 0 heterocycles. The third-order valence-electron chi connectivity index (χ3n) is 2.26. The summed E-state index contributed by atoms with van der Waals surface area (Å²) in [5.74, 6) is -0.938. The molecule has 0 atom stereocenters. The lowest BCUT2D eigenvalue weighted by Crippen LogP contribution is -2.34. The summed E-state index contributed by atoms with van der Waals surface area (Å²) < 4.78 is 39.6. The molecular formula is C11H15Cl2FN2O2S. The van der Waals surface area contributed by atoms with E-state index in [0.717, 1.165) is 6.07 Å². The minimum Gasteiger partial charge on any atom is -0.313 e. The highest BCUT2D eigenvalue weighted by Gasteiger charge is 2.21. The SMILES string of the molecule is CC(C)NCCNS(=O)(=O)c1ccc(Cl)c(F)c1Cl. The number of rotatable bonds is 6. The molecule has 0 aliphatic heterocycles. The molecule has 0 radical (unpaired) electrons. The van der Waals surface area contributed by atoms with Gasteiger partial charge in [0.05, 0.1) is 10.0 Å². The molecule has 0 fully saturated rings.